The van der Waals surface area contributed by atoms with E-state index in [0.29, 0.717) is 21.3 Å². The molecule has 1 saturated carbocycles. The van der Waals surface area contributed by atoms with Gasteiger partial charge in [0.05, 0.1) is 17.7 Å². The van der Waals surface area contributed by atoms with Crippen molar-refractivity contribution in [2.45, 2.75) is 37.0 Å². The number of halogens is 2. The van der Waals surface area contributed by atoms with Crippen molar-refractivity contribution in [2.75, 3.05) is 11.5 Å². The number of imide groups is 1. The van der Waals surface area contributed by atoms with Crippen LogP contribution in [-0.2, 0) is 19.7 Å². The zero-order valence-corrected chi connectivity index (χ0v) is 20.6. The molecule has 1 aliphatic carbocycles. The molecule has 178 valence electrons. The Morgan fingerprint density at radius 2 is 1.40 bits per heavy atom. The maximum absolute atomic E-state index is 14.5. The van der Waals surface area contributed by atoms with E-state index in [4.69, 9.17) is 27.9 Å². The minimum atomic E-state index is -1.20. The second-order valence-corrected chi connectivity index (χ2v) is 9.75. The number of carbonyl (C=O) groups excluding carboxylic acids is 3. The Morgan fingerprint density at radius 1 is 0.886 bits per heavy atom. The van der Waals surface area contributed by atoms with E-state index in [-0.39, 0.29) is 31.1 Å². The monoisotopic (exact) mass is 507 g/mol. The molecule has 0 radical (unpaired) electrons. The average Bonchev–Trinajstić information content (AvgIpc) is 3.10. The standard InChI is InChI=1S/C28H23Cl2NO4/c1-2-35-27(34)31-25-6-4-3-5-22(25)28(26(31)33)23(17-7-11-19(29)12-8-17)15-21(32)16-24(28)18-9-13-20(30)14-10-18/h3-14,23-24H,2,15-16H2,1H3/t23-,24-/m0/s1. The van der Waals surface area contributed by atoms with Gasteiger partial charge in [0.2, 0.25) is 5.91 Å². The third-order valence-electron chi connectivity index (χ3n) is 7.11. The van der Waals surface area contributed by atoms with Gasteiger partial charge in [-0.15, -0.1) is 0 Å². The number of Topliss-reactive ketones (excluding diaryl/α,β-unsaturated/α-hetero) is 1. The molecule has 2 atom stereocenters. The summed E-state index contributed by atoms with van der Waals surface area (Å²) in [6, 6.07) is 21.8. The highest BCUT2D eigenvalue weighted by atomic mass is 35.5. The van der Waals surface area contributed by atoms with Crippen LogP contribution in [0.1, 0.15) is 48.3 Å². The fourth-order valence-electron chi connectivity index (χ4n) is 5.73. The zero-order valence-electron chi connectivity index (χ0n) is 19.0. The maximum atomic E-state index is 14.5. The Labute approximate surface area is 213 Å². The van der Waals surface area contributed by atoms with Crippen LogP contribution in [0.15, 0.2) is 72.8 Å². The molecule has 1 heterocycles. The predicted octanol–water partition coefficient (Wildman–Crippen LogP) is 6.66. The van der Waals surface area contributed by atoms with E-state index in [1.165, 1.54) is 0 Å². The molecule has 0 unspecified atom stereocenters. The summed E-state index contributed by atoms with van der Waals surface area (Å²) in [6.07, 6.45) is -0.381. The van der Waals surface area contributed by atoms with Crippen LogP contribution in [0.25, 0.3) is 0 Å². The fraction of sp³-hybridized carbons (Fsp3) is 0.250. The van der Waals surface area contributed by atoms with Crippen LogP contribution in [0.3, 0.4) is 0 Å². The number of para-hydroxylation sites is 1. The second kappa shape index (κ2) is 9.14. The van der Waals surface area contributed by atoms with Gasteiger partial charge in [-0.3, -0.25) is 9.59 Å². The van der Waals surface area contributed by atoms with E-state index in [2.05, 4.69) is 0 Å². The van der Waals surface area contributed by atoms with Crippen LogP contribution >= 0.6 is 23.2 Å². The first-order valence-electron chi connectivity index (χ1n) is 11.5. The van der Waals surface area contributed by atoms with E-state index in [0.717, 1.165) is 16.0 Å². The Morgan fingerprint density at radius 3 is 1.91 bits per heavy atom. The van der Waals surface area contributed by atoms with E-state index >= 15 is 0 Å². The van der Waals surface area contributed by atoms with Crippen LogP contribution in [0.4, 0.5) is 10.5 Å². The molecule has 1 fully saturated rings. The Bertz CT molecular complexity index is 1250. The molecular formula is C28H23Cl2NO4. The van der Waals surface area contributed by atoms with E-state index in [9.17, 15) is 14.4 Å². The summed E-state index contributed by atoms with van der Waals surface area (Å²) in [5, 5.41) is 1.12. The minimum Gasteiger partial charge on any atom is -0.449 e. The molecule has 0 bridgehead atoms. The molecule has 5 rings (SSSR count). The third kappa shape index (κ3) is 3.74. The first-order chi connectivity index (χ1) is 16.9. The van der Waals surface area contributed by atoms with Gasteiger partial charge < -0.3 is 4.74 Å². The van der Waals surface area contributed by atoms with Crippen molar-refractivity contribution in [3.63, 3.8) is 0 Å². The molecule has 0 aromatic heterocycles. The normalized spacial score (nSPS) is 20.7. The smallest absolute Gasteiger partial charge is 0.421 e. The zero-order chi connectivity index (χ0) is 24.7. The van der Waals surface area contributed by atoms with Crippen molar-refractivity contribution < 1.29 is 19.1 Å². The number of ether oxygens (including phenoxy) is 1. The largest absolute Gasteiger partial charge is 0.449 e. The molecule has 1 aliphatic heterocycles. The summed E-state index contributed by atoms with van der Waals surface area (Å²) in [6.45, 7) is 1.84. The summed E-state index contributed by atoms with van der Waals surface area (Å²) in [5.74, 6) is -1.34. The lowest BCUT2D eigenvalue weighted by Gasteiger charge is -2.46. The second-order valence-electron chi connectivity index (χ2n) is 8.88. The predicted molar refractivity (Wildman–Crippen MR) is 135 cm³/mol. The number of hydrogen-bond donors (Lipinski definition) is 0. The molecule has 0 N–H and O–H groups in total. The topological polar surface area (TPSA) is 63.7 Å². The number of fused-ring (bicyclic) bond motifs is 2. The number of amides is 2. The number of nitrogens with zero attached hydrogens (tertiary/aromatic N) is 1. The first kappa shape index (κ1) is 23.6. The molecule has 1 spiro atoms. The number of hydrogen-bond acceptors (Lipinski definition) is 4. The van der Waals surface area contributed by atoms with Crippen LogP contribution in [0.5, 0.6) is 0 Å². The molecule has 3 aromatic rings. The highest BCUT2D eigenvalue weighted by Crippen LogP contribution is 2.61. The summed E-state index contributed by atoms with van der Waals surface area (Å²) < 4.78 is 5.29. The Kier molecular flexibility index (Phi) is 6.16. The van der Waals surface area contributed by atoms with Gasteiger partial charge in [-0.25, -0.2) is 9.69 Å². The molecule has 35 heavy (non-hydrogen) atoms. The number of carbonyl (C=O) groups is 3. The van der Waals surface area contributed by atoms with E-state index in [1.807, 2.05) is 36.4 Å². The molecule has 0 saturated heterocycles. The highest BCUT2D eigenvalue weighted by Gasteiger charge is 2.64. The van der Waals surface area contributed by atoms with Crippen molar-refractivity contribution in [3.05, 3.63) is 99.5 Å². The Hall–Kier alpha value is -3.15. The van der Waals surface area contributed by atoms with Gasteiger partial charge in [-0.1, -0.05) is 65.7 Å². The van der Waals surface area contributed by atoms with Crippen molar-refractivity contribution in [3.8, 4) is 0 Å². The lowest BCUT2D eigenvalue weighted by atomic mass is 9.54. The Balaban J connectivity index is 1.80. The van der Waals surface area contributed by atoms with Gasteiger partial charge in [-0.2, -0.15) is 0 Å². The summed E-state index contributed by atoms with van der Waals surface area (Å²) in [7, 11) is 0. The van der Waals surface area contributed by atoms with Gasteiger partial charge in [0.15, 0.2) is 0 Å². The van der Waals surface area contributed by atoms with Gasteiger partial charge in [-0.05, 0) is 53.9 Å². The molecule has 5 nitrogen and oxygen atoms in total. The molecule has 7 heteroatoms. The van der Waals surface area contributed by atoms with Crippen LogP contribution in [0, 0.1) is 0 Å². The minimum absolute atomic E-state index is 0.0513. The van der Waals surface area contributed by atoms with Gasteiger partial charge >= 0.3 is 6.09 Å². The molecule has 2 aliphatic rings. The summed E-state index contributed by atoms with van der Waals surface area (Å²) in [4.78, 5) is 41.9. The number of rotatable bonds is 3. The quantitative estimate of drug-likeness (QED) is 0.397. The van der Waals surface area contributed by atoms with Crippen LogP contribution in [-0.4, -0.2) is 24.4 Å². The van der Waals surface area contributed by atoms with Crippen LogP contribution < -0.4 is 4.90 Å². The number of anilines is 1. The lowest BCUT2D eigenvalue weighted by Crippen LogP contribution is -2.53. The van der Waals surface area contributed by atoms with E-state index in [1.54, 1.807) is 43.3 Å². The summed E-state index contributed by atoms with van der Waals surface area (Å²) >= 11 is 12.3. The van der Waals surface area contributed by atoms with Crippen molar-refractivity contribution in [2.24, 2.45) is 0 Å². The SMILES string of the molecule is CCOC(=O)N1C(=O)C2(c3ccccc31)[C@H](c1ccc(Cl)cc1)CC(=O)C[C@H]2c1ccc(Cl)cc1. The molecule has 3 aromatic carbocycles. The van der Waals surface area contributed by atoms with Crippen molar-refractivity contribution in [1.29, 1.82) is 0 Å². The lowest BCUT2D eigenvalue weighted by molar-refractivity contribution is -0.130. The first-order valence-corrected chi connectivity index (χ1v) is 12.3. The maximum Gasteiger partial charge on any atom is 0.421 e. The highest BCUT2D eigenvalue weighted by molar-refractivity contribution is 6.31. The third-order valence-corrected chi connectivity index (χ3v) is 7.61. The van der Waals surface area contributed by atoms with Crippen molar-refractivity contribution in [1.82, 2.24) is 0 Å². The molecule has 2 amide bonds. The number of ketones is 1. The van der Waals surface area contributed by atoms with Gasteiger partial charge in [0, 0.05) is 34.7 Å². The van der Waals surface area contributed by atoms with Crippen LogP contribution in [0.2, 0.25) is 10.0 Å². The van der Waals surface area contributed by atoms with Gasteiger partial charge in [0.25, 0.3) is 0 Å². The summed E-state index contributed by atoms with van der Waals surface area (Å²) in [5.41, 5.74) is 1.64. The fourth-order valence-corrected chi connectivity index (χ4v) is 5.98. The van der Waals surface area contributed by atoms with E-state index < -0.39 is 23.3 Å². The average molecular weight is 508 g/mol. The van der Waals surface area contributed by atoms with Gasteiger partial charge in [0.1, 0.15) is 5.78 Å². The molecular weight excluding hydrogens is 485 g/mol. The van der Waals surface area contributed by atoms with Crippen molar-refractivity contribution >= 4 is 46.7 Å². The number of benzene rings is 3.